The molecule has 0 aromatic heterocycles. The number of aliphatic carboxylic acids is 1. The zero-order chi connectivity index (χ0) is 15.9. The van der Waals surface area contributed by atoms with Gasteiger partial charge in [-0.15, -0.1) is 0 Å². The summed E-state index contributed by atoms with van der Waals surface area (Å²) in [6.45, 7) is 2.95. The van der Waals surface area contributed by atoms with Gasteiger partial charge in [0.05, 0.1) is 11.3 Å². The summed E-state index contributed by atoms with van der Waals surface area (Å²) in [6, 6.07) is 0.313. The van der Waals surface area contributed by atoms with Crippen molar-refractivity contribution < 1.29 is 19.5 Å². The van der Waals surface area contributed by atoms with E-state index in [0.717, 1.165) is 25.7 Å². The average molecular weight is 308 g/mol. The van der Waals surface area contributed by atoms with Gasteiger partial charge in [0.25, 0.3) is 0 Å². The van der Waals surface area contributed by atoms with Gasteiger partial charge in [0.2, 0.25) is 11.8 Å². The molecule has 0 aromatic rings. The van der Waals surface area contributed by atoms with E-state index in [1.165, 1.54) is 0 Å². The topological polar surface area (TPSA) is 77.9 Å². The van der Waals surface area contributed by atoms with E-state index in [1.807, 2.05) is 4.90 Å². The van der Waals surface area contributed by atoms with Crippen LogP contribution in [0.4, 0.5) is 0 Å². The van der Waals surface area contributed by atoms with E-state index in [2.05, 4.69) is 0 Å². The molecule has 3 aliphatic rings. The van der Waals surface area contributed by atoms with Crippen molar-refractivity contribution in [2.24, 2.45) is 11.3 Å². The fourth-order valence-electron chi connectivity index (χ4n) is 4.05. The lowest BCUT2D eigenvalue weighted by atomic mass is 9.90. The largest absolute Gasteiger partial charge is 0.481 e. The van der Waals surface area contributed by atoms with Crippen LogP contribution in [0.3, 0.4) is 0 Å². The standard InChI is InChI=1S/C16H24N2O4/c1-16(15(21)22)6-7-17(10-16)14(20)11-8-13(19)18(9-11)12-4-2-3-5-12/h11-12H,2-10H2,1H3,(H,21,22)/t11-,16-/m1/s1. The molecule has 0 aromatic carbocycles. The molecule has 1 aliphatic carbocycles. The molecule has 0 bridgehead atoms. The van der Waals surface area contributed by atoms with Gasteiger partial charge in [-0.05, 0) is 26.2 Å². The molecule has 3 fully saturated rings. The zero-order valence-corrected chi connectivity index (χ0v) is 13.1. The number of carbonyl (C=O) groups is 3. The van der Waals surface area contributed by atoms with Gasteiger partial charge in [-0.1, -0.05) is 12.8 Å². The molecule has 2 heterocycles. The number of hydrogen-bond donors (Lipinski definition) is 1. The Kier molecular flexibility index (Phi) is 3.87. The summed E-state index contributed by atoms with van der Waals surface area (Å²) >= 11 is 0. The lowest BCUT2D eigenvalue weighted by Gasteiger charge is -2.25. The minimum Gasteiger partial charge on any atom is -0.481 e. The van der Waals surface area contributed by atoms with Gasteiger partial charge in [-0.2, -0.15) is 0 Å². The molecule has 2 atom stereocenters. The number of carboxylic acids is 1. The van der Waals surface area contributed by atoms with E-state index in [-0.39, 0.29) is 30.7 Å². The van der Waals surface area contributed by atoms with E-state index in [1.54, 1.807) is 11.8 Å². The van der Waals surface area contributed by atoms with Crippen LogP contribution in [0.2, 0.25) is 0 Å². The van der Waals surface area contributed by atoms with Crippen LogP contribution >= 0.6 is 0 Å². The van der Waals surface area contributed by atoms with Gasteiger partial charge in [-0.25, -0.2) is 0 Å². The van der Waals surface area contributed by atoms with Gasteiger partial charge < -0.3 is 14.9 Å². The third-order valence-electron chi connectivity index (χ3n) is 5.57. The van der Waals surface area contributed by atoms with Crippen molar-refractivity contribution in [3.05, 3.63) is 0 Å². The quantitative estimate of drug-likeness (QED) is 0.847. The van der Waals surface area contributed by atoms with Gasteiger partial charge in [-0.3, -0.25) is 14.4 Å². The molecule has 0 unspecified atom stereocenters. The highest BCUT2D eigenvalue weighted by Gasteiger charge is 2.46. The van der Waals surface area contributed by atoms with Gasteiger partial charge >= 0.3 is 5.97 Å². The first-order chi connectivity index (χ1) is 10.4. The molecule has 22 heavy (non-hydrogen) atoms. The van der Waals surface area contributed by atoms with E-state index >= 15 is 0 Å². The highest BCUT2D eigenvalue weighted by molar-refractivity contribution is 5.90. The maximum absolute atomic E-state index is 12.6. The summed E-state index contributed by atoms with van der Waals surface area (Å²) < 4.78 is 0. The van der Waals surface area contributed by atoms with Crippen molar-refractivity contribution in [3.63, 3.8) is 0 Å². The zero-order valence-electron chi connectivity index (χ0n) is 13.1. The summed E-state index contributed by atoms with van der Waals surface area (Å²) in [4.78, 5) is 39.6. The van der Waals surface area contributed by atoms with Crippen molar-refractivity contribution in [2.45, 2.75) is 51.5 Å². The number of amides is 2. The molecule has 1 saturated carbocycles. The van der Waals surface area contributed by atoms with Crippen molar-refractivity contribution in [2.75, 3.05) is 19.6 Å². The molecule has 1 N–H and O–H groups in total. The van der Waals surface area contributed by atoms with Crippen LogP contribution < -0.4 is 0 Å². The predicted octanol–water partition coefficient (Wildman–Crippen LogP) is 1.10. The Morgan fingerprint density at radius 2 is 1.95 bits per heavy atom. The summed E-state index contributed by atoms with van der Waals surface area (Å²) in [7, 11) is 0. The smallest absolute Gasteiger partial charge is 0.311 e. The number of nitrogens with zero attached hydrogens (tertiary/aromatic N) is 2. The molecule has 2 aliphatic heterocycles. The Morgan fingerprint density at radius 1 is 1.27 bits per heavy atom. The van der Waals surface area contributed by atoms with Crippen molar-refractivity contribution >= 4 is 17.8 Å². The first-order valence-corrected chi connectivity index (χ1v) is 8.22. The summed E-state index contributed by atoms with van der Waals surface area (Å²) in [5.74, 6) is -1.09. The van der Waals surface area contributed by atoms with Crippen LogP contribution in [-0.4, -0.2) is 58.4 Å². The van der Waals surface area contributed by atoms with Crippen molar-refractivity contribution in [1.82, 2.24) is 9.80 Å². The second-order valence-electron chi connectivity index (χ2n) is 7.26. The van der Waals surface area contributed by atoms with Crippen LogP contribution in [0, 0.1) is 11.3 Å². The van der Waals surface area contributed by atoms with Gasteiger partial charge in [0.15, 0.2) is 0 Å². The number of carboxylic acid groups (broad SMARTS) is 1. The first-order valence-electron chi connectivity index (χ1n) is 8.22. The van der Waals surface area contributed by atoms with E-state index in [4.69, 9.17) is 0 Å². The third kappa shape index (κ3) is 2.59. The SMILES string of the molecule is C[C@@]1(C(=O)O)CCN(C(=O)[C@@H]2CC(=O)N(C3CCCC3)C2)C1. The van der Waals surface area contributed by atoms with E-state index in [9.17, 15) is 19.5 Å². The normalized spacial score (nSPS) is 33.0. The molecule has 0 spiro atoms. The van der Waals surface area contributed by atoms with Gasteiger partial charge in [0, 0.05) is 32.1 Å². The lowest BCUT2D eigenvalue weighted by molar-refractivity contribution is -0.147. The summed E-state index contributed by atoms with van der Waals surface area (Å²) in [5.41, 5.74) is -0.844. The summed E-state index contributed by atoms with van der Waals surface area (Å²) in [6.07, 6.45) is 5.20. The van der Waals surface area contributed by atoms with Crippen molar-refractivity contribution in [1.29, 1.82) is 0 Å². The van der Waals surface area contributed by atoms with E-state index in [0.29, 0.717) is 25.6 Å². The van der Waals surface area contributed by atoms with Crippen molar-refractivity contribution in [3.8, 4) is 0 Å². The Bertz CT molecular complexity index is 500. The molecule has 3 rings (SSSR count). The second-order valence-corrected chi connectivity index (χ2v) is 7.26. The summed E-state index contributed by atoms with van der Waals surface area (Å²) in [5, 5.41) is 9.26. The third-order valence-corrected chi connectivity index (χ3v) is 5.57. The number of likely N-dealkylation sites (tertiary alicyclic amines) is 2. The fourth-order valence-corrected chi connectivity index (χ4v) is 4.05. The first kappa shape index (κ1) is 15.3. The van der Waals surface area contributed by atoms with E-state index < -0.39 is 11.4 Å². The molecule has 2 saturated heterocycles. The average Bonchev–Trinajstić information content (AvgIpc) is 3.17. The molecular formula is C16H24N2O4. The molecule has 6 nitrogen and oxygen atoms in total. The number of rotatable bonds is 3. The molecule has 2 amide bonds. The lowest BCUT2D eigenvalue weighted by Crippen LogP contribution is -2.40. The van der Waals surface area contributed by atoms with Crippen LogP contribution in [-0.2, 0) is 14.4 Å². The maximum atomic E-state index is 12.6. The number of carbonyl (C=O) groups excluding carboxylic acids is 2. The highest BCUT2D eigenvalue weighted by Crippen LogP contribution is 2.34. The highest BCUT2D eigenvalue weighted by atomic mass is 16.4. The monoisotopic (exact) mass is 308 g/mol. The molecule has 0 radical (unpaired) electrons. The Labute approximate surface area is 130 Å². The van der Waals surface area contributed by atoms with Crippen LogP contribution in [0.25, 0.3) is 0 Å². The Morgan fingerprint density at radius 3 is 2.55 bits per heavy atom. The molecule has 6 heteroatoms. The maximum Gasteiger partial charge on any atom is 0.311 e. The predicted molar refractivity (Wildman–Crippen MR) is 79.0 cm³/mol. The minimum atomic E-state index is -0.849. The second kappa shape index (κ2) is 5.56. The van der Waals surface area contributed by atoms with Crippen LogP contribution in [0.15, 0.2) is 0 Å². The molecular weight excluding hydrogens is 284 g/mol. The Hall–Kier alpha value is -1.59. The van der Waals surface area contributed by atoms with Crippen LogP contribution in [0.5, 0.6) is 0 Å². The minimum absolute atomic E-state index is 0.0428. The fraction of sp³-hybridized carbons (Fsp3) is 0.812. The van der Waals surface area contributed by atoms with Crippen LogP contribution in [0.1, 0.15) is 45.4 Å². The molecule has 122 valence electrons. The Balaban J connectivity index is 1.62. The van der Waals surface area contributed by atoms with Gasteiger partial charge in [0.1, 0.15) is 0 Å². The number of hydrogen-bond acceptors (Lipinski definition) is 3.